The highest BCUT2D eigenvalue weighted by molar-refractivity contribution is 8.17. The fourth-order valence-electron chi connectivity index (χ4n) is 4.42. The molecule has 0 aliphatic carbocycles. The van der Waals surface area contributed by atoms with Gasteiger partial charge >= 0.3 is 0 Å². The molecule has 6 rings (SSSR count). The second-order valence-electron chi connectivity index (χ2n) is 8.39. The van der Waals surface area contributed by atoms with Crippen LogP contribution in [-0.4, -0.2) is 33.0 Å². The third-order valence-corrected chi connectivity index (χ3v) is 6.97. The topological polar surface area (TPSA) is 70.7 Å². The molecule has 6 nitrogen and oxygen atoms in total. The molecular formula is C29H22N4O2S. The lowest BCUT2D eigenvalue weighted by Crippen LogP contribution is -2.38. The van der Waals surface area contributed by atoms with Crippen LogP contribution in [0.25, 0.3) is 22.7 Å². The first-order valence-electron chi connectivity index (χ1n) is 11.6. The van der Waals surface area contributed by atoms with Gasteiger partial charge in [-0.15, -0.1) is 0 Å². The molecule has 36 heavy (non-hydrogen) atoms. The molecule has 3 heterocycles. The molecule has 0 spiro atoms. The van der Waals surface area contributed by atoms with Crippen molar-refractivity contribution in [2.75, 3.05) is 6.61 Å². The summed E-state index contributed by atoms with van der Waals surface area (Å²) in [6.07, 6.45) is 3.80. The summed E-state index contributed by atoms with van der Waals surface area (Å²) in [6, 6.07) is 27.7. The number of thioether (sulfide) groups is 1. The zero-order valence-electron chi connectivity index (χ0n) is 19.3. The van der Waals surface area contributed by atoms with Crippen molar-refractivity contribution in [2.24, 2.45) is 4.99 Å². The van der Waals surface area contributed by atoms with E-state index in [1.165, 1.54) is 11.8 Å². The van der Waals surface area contributed by atoms with E-state index in [1.54, 1.807) is 11.0 Å². The van der Waals surface area contributed by atoms with Gasteiger partial charge < -0.3 is 9.30 Å². The minimum absolute atomic E-state index is 0.134. The first-order chi connectivity index (χ1) is 17.7. The van der Waals surface area contributed by atoms with E-state index in [4.69, 9.17) is 10.1 Å². The number of hydrogen-bond acceptors (Lipinski definition) is 4. The molecule has 0 saturated carbocycles. The van der Waals surface area contributed by atoms with Crippen molar-refractivity contribution >= 4 is 51.3 Å². The molecule has 3 aromatic carbocycles. The van der Waals surface area contributed by atoms with Crippen molar-refractivity contribution < 1.29 is 9.53 Å². The number of aliphatic imine (C=N–C) groups is 1. The van der Waals surface area contributed by atoms with Crippen LogP contribution in [0.15, 0.2) is 107 Å². The summed E-state index contributed by atoms with van der Waals surface area (Å²) in [6.45, 7) is 1.16. The summed E-state index contributed by atoms with van der Waals surface area (Å²) in [5.41, 5.74) is 4.01. The molecule has 1 amide bonds. The molecule has 0 unspecified atom stereocenters. The molecule has 1 N–H and O–H groups in total. The van der Waals surface area contributed by atoms with Gasteiger partial charge in [-0.1, -0.05) is 78.5 Å². The minimum Gasteiger partial charge on any atom is -0.492 e. The van der Waals surface area contributed by atoms with Gasteiger partial charge in [0.1, 0.15) is 18.2 Å². The number of amidine groups is 2. The van der Waals surface area contributed by atoms with Gasteiger partial charge in [0.05, 0.1) is 17.8 Å². The summed E-state index contributed by atoms with van der Waals surface area (Å²) >= 11 is 1.37. The van der Waals surface area contributed by atoms with E-state index in [2.05, 4.69) is 15.6 Å². The quantitative estimate of drug-likeness (QED) is 0.335. The maximum atomic E-state index is 13.0. The van der Waals surface area contributed by atoms with Gasteiger partial charge in [0.15, 0.2) is 5.17 Å². The molecule has 176 valence electrons. The van der Waals surface area contributed by atoms with E-state index in [0.717, 1.165) is 33.5 Å². The van der Waals surface area contributed by atoms with Gasteiger partial charge in [-0.25, -0.2) is 0 Å². The van der Waals surface area contributed by atoms with Crippen LogP contribution in [0.2, 0.25) is 0 Å². The Morgan fingerprint density at radius 2 is 1.67 bits per heavy atom. The van der Waals surface area contributed by atoms with Gasteiger partial charge in [-0.2, -0.15) is 4.99 Å². The van der Waals surface area contributed by atoms with Crippen molar-refractivity contribution in [3.63, 3.8) is 0 Å². The fourth-order valence-corrected chi connectivity index (χ4v) is 5.31. The van der Waals surface area contributed by atoms with E-state index in [-0.39, 0.29) is 11.4 Å². The lowest BCUT2D eigenvalue weighted by atomic mass is 10.1. The smallest absolute Gasteiger partial charge is 0.283 e. The van der Waals surface area contributed by atoms with Crippen LogP contribution in [0.1, 0.15) is 11.1 Å². The second kappa shape index (κ2) is 9.36. The number of carbonyl (C=O) groups excluding carboxylic acids is 1. The largest absolute Gasteiger partial charge is 0.492 e. The van der Waals surface area contributed by atoms with Gasteiger partial charge in [-0.05, 0) is 29.8 Å². The van der Waals surface area contributed by atoms with Crippen molar-refractivity contribution in [3.05, 3.63) is 113 Å². The highest BCUT2D eigenvalue weighted by Gasteiger charge is 2.36. The predicted molar refractivity (Wildman–Crippen MR) is 146 cm³/mol. The van der Waals surface area contributed by atoms with Crippen molar-refractivity contribution in [3.8, 4) is 5.75 Å². The third-order valence-electron chi connectivity index (χ3n) is 6.15. The molecule has 0 fully saturated rings. The zero-order chi connectivity index (χ0) is 24.5. The van der Waals surface area contributed by atoms with E-state index in [0.29, 0.717) is 18.3 Å². The van der Waals surface area contributed by atoms with E-state index in [1.807, 2.05) is 90.5 Å². The van der Waals surface area contributed by atoms with Crippen molar-refractivity contribution in [2.45, 2.75) is 6.54 Å². The van der Waals surface area contributed by atoms with Crippen LogP contribution >= 0.6 is 11.8 Å². The SMILES string of the molecule is N=C1/C(=C\c2cn(CCOc3ccccc3)c3ccccc23)C(=O)N=C2SC=C(c3ccccc3)N12. The van der Waals surface area contributed by atoms with Crippen LogP contribution in [-0.2, 0) is 11.3 Å². The molecular weight excluding hydrogens is 468 g/mol. The molecule has 2 aliphatic rings. The van der Waals surface area contributed by atoms with Crippen LogP contribution in [0.5, 0.6) is 5.75 Å². The number of nitrogens with one attached hydrogen (secondary N) is 1. The second-order valence-corrected chi connectivity index (χ2v) is 9.22. The number of hydrogen-bond donors (Lipinski definition) is 1. The van der Waals surface area contributed by atoms with E-state index in [9.17, 15) is 4.79 Å². The van der Waals surface area contributed by atoms with E-state index < -0.39 is 5.91 Å². The zero-order valence-corrected chi connectivity index (χ0v) is 20.1. The Balaban J connectivity index is 1.32. The highest BCUT2D eigenvalue weighted by Crippen LogP contribution is 2.37. The van der Waals surface area contributed by atoms with Crippen LogP contribution in [0.4, 0.5) is 0 Å². The number of nitrogens with zero attached hydrogens (tertiary/aromatic N) is 3. The van der Waals surface area contributed by atoms with Crippen LogP contribution in [0, 0.1) is 5.41 Å². The molecule has 0 radical (unpaired) electrons. The number of fused-ring (bicyclic) bond motifs is 2. The average Bonchev–Trinajstić information content (AvgIpc) is 3.49. The number of ether oxygens (including phenoxy) is 1. The molecule has 1 aromatic heterocycles. The Bertz CT molecular complexity index is 1570. The Morgan fingerprint density at radius 3 is 2.47 bits per heavy atom. The number of aromatic nitrogens is 1. The molecule has 0 saturated heterocycles. The predicted octanol–water partition coefficient (Wildman–Crippen LogP) is 6.02. The maximum absolute atomic E-state index is 13.0. The Morgan fingerprint density at radius 1 is 0.944 bits per heavy atom. The van der Waals surface area contributed by atoms with E-state index >= 15 is 0 Å². The number of amides is 1. The molecule has 2 aliphatic heterocycles. The Kier molecular flexibility index (Phi) is 5.75. The normalized spacial score (nSPS) is 16.3. The summed E-state index contributed by atoms with van der Waals surface area (Å²) < 4.78 is 8.02. The summed E-state index contributed by atoms with van der Waals surface area (Å²) in [5, 5.41) is 12.4. The van der Waals surface area contributed by atoms with Gasteiger partial charge in [0, 0.05) is 28.1 Å². The minimum atomic E-state index is -0.397. The van der Waals surface area contributed by atoms with Gasteiger partial charge in [0.25, 0.3) is 5.91 Å². The summed E-state index contributed by atoms with van der Waals surface area (Å²) in [5.74, 6) is 0.567. The molecule has 0 bridgehead atoms. The lowest BCUT2D eigenvalue weighted by molar-refractivity contribution is -0.114. The van der Waals surface area contributed by atoms with Gasteiger partial charge in [-0.3, -0.25) is 15.1 Å². The van der Waals surface area contributed by atoms with Crippen molar-refractivity contribution in [1.29, 1.82) is 5.41 Å². The first-order valence-corrected chi connectivity index (χ1v) is 12.5. The molecule has 0 atom stereocenters. The number of benzene rings is 3. The Hall–Kier alpha value is -4.36. The fraction of sp³-hybridized carbons (Fsp3) is 0.0690. The van der Waals surface area contributed by atoms with Crippen molar-refractivity contribution in [1.82, 2.24) is 9.47 Å². The highest BCUT2D eigenvalue weighted by atomic mass is 32.2. The van der Waals surface area contributed by atoms with Crippen LogP contribution in [0.3, 0.4) is 0 Å². The maximum Gasteiger partial charge on any atom is 0.283 e. The Labute approximate surface area is 212 Å². The monoisotopic (exact) mass is 490 g/mol. The summed E-state index contributed by atoms with van der Waals surface area (Å²) in [7, 11) is 0. The molecule has 7 heteroatoms. The average molecular weight is 491 g/mol. The third kappa shape index (κ3) is 4.03. The lowest BCUT2D eigenvalue weighted by Gasteiger charge is -2.26. The summed E-state index contributed by atoms with van der Waals surface area (Å²) in [4.78, 5) is 19.0. The number of para-hydroxylation sites is 2. The van der Waals surface area contributed by atoms with Crippen LogP contribution < -0.4 is 4.74 Å². The van der Waals surface area contributed by atoms with Gasteiger partial charge in [0.2, 0.25) is 0 Å². The first kappa shape index (κ1) is 22.1. The standard InChI is InChI=1S/C29H22N4O2S/c30-27-24(28(34)31-29-33(27)26(19-36-29)20-9-3-1-4-10-20)17-21-18-32(25-14-8-7-13-23(21)25)15-16-35-22-11-5-2-6-12-22/h1-14,17-19,30H,15-16H2/b24-17+,30-27?. The number of rotatable bonds is 6. The number of carbonyl (C=O) groups is 1. The molecule has 4 aromatic rings.